The van der Waals surface area contributed by atoms with Gasteiger partial charge in [0.2, 0.25) is 0 Å². The predicted octanol–water partition coefficient (Wildman–Crippen LogP) is 1.76. The maximum atomic E-state index is 10.2. The molecule has 0 unspecified atom stereocenters. The fourth-order valence-corrected chi connectivity index (χ4v) is 2.64. The van der Waals surface area contributed by atoms with Gasteiger partial charge < -0.3 is 24.1 Å². The van der Waals surface area contributed by atoms with Crippen LogP contribution in [0.3, 0.4) is 0 Å². The van der Waals surface area contributed by atoms with Crippen molar-refractivity contribution in [2.45, 2.75) is 63.2 Å². The minimum Gasteiger partial charge on any atom is -0.390 e. The second-order valence-electron chi connectivity index (χ2n) is 5.59. The van der Waals surface area contributed by atoms with Gasteiger partial charge >= 0.3 is 0 Å². The summed E-state index contributed by atoms with van der Waals surface area (Å²) in [5, 5.41) is 10.2. The van der Waals surface area contributed by atoms with E-state index in [1.807, 2.05) is 13.8 Å². The summed E-state index contributed by atoms with van der Waals surface area (Å²) in [4.78, 5) is 0. The van der Waals surface area contributed by atoms with Crippen molar-refractivity contribution in [1.82, 2.24) is 0 Å². The van der Waals surface area contributed by atoms with Crippen LogP contribution in [0, 0.1) is 0 Å². The van der Waals surface area contributed by atoms with Crippen LogP contribution in [0.1, 0.15) is 26.7 Å². The zero-order valence-corrected chi connectivity index (χ0v) is 12.2. The van der Waals surface area contributed by atoms with Gasteiger partial charge in [0.25, 0.3) is 0 Å². The van der Waals surface area contributed by atoms with Crippen molar-refractivity contribution < 1.29 is 24.1 Å². The Kier molecular flexibility index (Phi) is 4.99. The van der Waals surface area contributed by atoms with Gasteiger partial charge in [0, 0.05) is 0 Å². The molecule has 2 saturated heterocycles. The molecule has 5 nitrogen and oxygen atoms in total. The number of rotatable bonds is 7. The fourth-order valence-electron chi connectivity index (χ4n) is 2.64. The van der Waals surface area contributed by atoms with Crippen molar-refractivity contribution in [1.29, 1.82) is 0 Å². The zero-order chi connectivity index (χ0) is 14.8. The highest BCUT2D eigenvalue weighted by Gasteiger charge is 2.56. The number of aliphatic hydroxyl groups excluding tert-OH is 1. The van der Waals surface area contributed by atoms with Crippen LogP contribution in [0.5, 0.6) is 0 Å². The monoisotopic (exact) mass is 284 g/mol. The lowest BCUT2D eigenvalue weighted by Crippen LogP contribution is -2.42. The summed E-state index contributed by atoms with van der Waals surface area (Å²) < 4.78 is 23.1. The van der Waals surface area contributed by atoms with E-state index in [4.69, 9.17) is 18.9 Å². The van der Waals surface area contributed by atoms with E-state index in [0.29, 0.717) is 13.0 Å². The molecule has 5 heteroatoms. The van der Waals surface area contributed by atoms with Crippen molar-refractivity contribution in [3.8, 4) is 0 Å². The van der Waals surface area contributed by atoms with E-state index >= 15 is 0 Å². The molecule has 0 radical (unpaired) electrons. The van der Waals surface area contributed by atoms with Crippen molar-refractivity contribution in [3.63, 3.8) is 0 Å². The second kappa shape index (κ2) is 6.37. The summed E-state index contributed by atoms with van der Waals surface area (Å²) in [6.45, 7) is 11.4. The molecule has 2 fully saturated rings. The number of allylic oxidation sites excluding steroid dienone is 1. The summed E-state index contributed by atoms with van der Waals surface area (Å²) in [6.07, 6.45) is 2.46. The topological polar surface area (TPSA) is 57.2 Å². The van der Waals surface area contributed by atoms with Crippen molar-refractivity contribution >= 4 is 0 Å². The second-order valence-corrected chi connectivity index (χ2v) is 5.59. The number of hydrogen-bond acceptors (Lipinski definition) is 5. The van der Waals surface area contributed by atoms with Gasteiger partial charge in [-0.1, -0.05) is 12.2 Å². The van der Waals surface area contributed by atoms with Crippen LogP contribution >= 0.6 is 0 Å². The van der Waals surface area contributed by atoms with Crippen LogP contribution in [0.2, 0.25) is 0 Å². The first-order chi connectivity index (χ1) is 9.48. The first-order valence-electron chi connectivity index (χ1n) is 7.01. The molecule has 0 saturated carbocycles. The normalized spacial score (nSPS) is 36.5. The van der Waals surface area contributed by atoms with Crippen LogP contribution in [-0.4, -0.2) is 48.2 Å². The van der Waals surface area contributed by atoms with E-state index in [9.17, 15) is 5.11 Å². The Morgan fingerprint density at radius 2 is 2.05 bits per heavy atom. The Morgan fingerprint density at radius 3 is 2.70 bits per heavy atom. The van der Waals surface area contributed by atoms with Gasteiger partial charge in [0.05, 0.1) is 12.7 Å². The van der Waals surface area contributed by atoms with E-state index < -0.39 is 24.3 Å². The molecule has 2 aliphatic heterocycles. The number of hydrogen-bond donors (Lipinski definition) is 1. The Morgan fingerprint density at radius 1 is 1.30 bits per heavy atom. The predicted molar refractivity (Wildman–Crippen MR) is 74.1 cm³/mol. The molecule has 0 bridgehead atoms. The summed E-state index contributed by atoms with van der Waals surface area (Å²) in [5.41, 5.74) is 0. The molecule has 5 atom stereocenters. The standard InChI is InChI=1S/C15H24O5/c1-5-7-8-10(16)11-12(17-9-6-2)13-14(18-11)20-15(3,4)19-13/h5-6,10-14,16H,1-2,7-9H2,3-4H3/t10-,11+,12-,13+,14+/m0/s1. The third kappa shape index (κ3) is 3.30. The van der Waals surface area contributed by atoms with Crippen molar-refractivity contribution in [2.24, 2.45) is 0 Å². The minimum absolute atomic E-state index is 0.326. The van der Waals surface area contributed by atoms with Gasteiger partial charge in [0.1, 0.15) is 18.3 Å². The van der Waals surface area contributed by atoms with E-state index in [1.165, 1.54) is 0 Å². The number of aliphatic hydroxyl groups is 1. The lowest BCUT2D eigenvalue weighted by Gasteiger charge is -2.28. The molecule has 1 N–H and O–H groups in total. The molecule has 0 aromatic rings. The summed E-state index contributed by atoms with van der Waals surface area (Å²) in [7, 11) is 0. The van der Waals surface area contributed by atoms with Crippen LogP contribution in [0.25, 0.3) is 0 Å². The maximum Gasteiger partial charge on any atom is 0.190 e. The molecule has 2 aliphatic rings. The van der Waals surface area contributed by atoms with Gasteiger partial charge in [-0.05, 0) is 26.7 Å². The molecular formula is C15H24O5. The summed E-state index contributed by atoms with van der Waals surface area (Å²) in [6, 6.07) is 0. The Labute approximate surface area is 120 Å². The van der Waals surface area contributed by atoms with Crippen LogP contribution in [-0.2, 0) is 18.9 Å². The van der Waals surface area contributed by atoms with Crippen LogP contribution < -0.4 is 0 Å². The summed E-state index contributed by atoms with van der Waals surface area (Å²) in [5.74, 6) is -0.692. The smallest absolute Gasteiger partial charge is 0.190 e. The van der Waals surface area contributed by atoms with Crippen LogP contribution in [0.15, 0.2) is 25.3 Å². The Bertz CT molecular complexity index is 354. The molecular weight excluding hydrogens is 260 g/mol. The van der Waals surface area contributed by atoms with E-state index in [1.54, 1.807) is 12.2 Å². The van der Waals surface area contributed by atoms with Gasteiger partial charge in [-0.2, -0.15) is 0 Å². The van der Waals surface area contributed by atoms with Gasteiger partial charge in [-0.3, -0.25) is 0 Å². The third-order valence-corrected chi connectivity index (χ3v) is 3.48. The molecule has 0 aliphatic carbocycles. The van der Waals surface area contributed by atoms with E-state index in [0.717, 1.165) is 6.42 Å². The first-order valence-corrected chi connectivity index (χ1v) is 7.01. The Balaban J connectivity index is 2.05. The lowest BCUT2D eigenvalue weighted by molar-refractivity contribution is -0.229. The van der Waals surface area contributed by atoms with Crippen molar-refractivity contribution in [2.75, 3.05) is 6.61 Å². The van der Waals surface area contributed by atoms with E-state index in [-0.39, 0.29) is 12.2 Å². The first kappa shape index (κ1) is 15.7. The molecule has 2 heterocycles. The average molecular weight is 284 g/mol. The van der Waals surface area contributed by atoms with Crippen molar-refractivity contribution in [3.05, 3.63) is 25.3 Å². The largest absolute Gasteiger partial charge is 0.390 e. The number of fused-ring (bicyclic) bond motifs is 1. The van der Waals surface area contributed by atoms with Gasteiger partial charge in [-0.25, -0.2) is 0 Å². The number of ether oxygens (including phenoxy) is 4. The van der Waals surface area contributed by atoms with E-state index in [2.05, 4.69) is 13.2 Å². The Hall–Kier alpha value is -0.720. The average Bonchev–Trinajstić information content (AvgIpc) is 2.85. The van der Waals surface area contributed by atoms with Crippen LogP contribution in [0.4, 0.5) is 0 Å². The minimum atomic E-state index is -0.692. The quantitative estimate of drug-likeness (QED) is 0.722. The molecule has 0 aromatic carbocycles. The fraction of sp³-hybridized carbons (Fsp3) is 0.733. The highest BCUT2D eigenvalue weighted by Crippen LogP contribution is 2.40. The lowest BCUT2D eigenvalue weighted by atomic mass is 10.0. The maximum absolute atomic E-state index is 10.2. The summed E-state index contributed by atoms with van der Waals surface area (Å²) >= 11 is 0. The van der Waals surface area contributed by atoms with Gasteiger partial charge in [-0.15, -0.1) is 13.2 Å². The molecule has 0 spiro atoms. The molecule has 114 valence electrons. The third-order valence-electron chi connectivity index (χ3n) is 3.48. The molecule has 20 heavy (non-hydrogen) atoms. The SMILES string of the molecule is C=CCC[C@H](O)[C@H]1O[C@@H]2OC(C)(C)O[C@@H]2[C@H]1OCC=C. The highest BCUT2D eigenvalue weighted by atomic mass is 16.8. The van der Waals surface area contributed by atoms with Gasteiger partial charge in [0.15, 0.2) is 12.1 Å². The molecule has 2 rings (SSSR count). The molecule has 0 amide bonds. The molecule has 0 aromatic heterocycles. The highest BCUT2D eigenvalue weighted by molar-refractivity contribution is 4.97. The zero-order valence-electron chi connectivity index (χ0n) is 12.2.